The maximum absolute atomic E-state index is 5.74. The molecule has 0 aliphatic heterocycles. The molecule has 80 valence electrons. The summed E-state index contributed by atoms with van der Waals surface area (Å²) in [5, 5.41) is 2.03. The molecular formula is C10H17NO2S. The van der Waals surface area contributed by atoms with Crippen LogP contribution in [0.1, 0.15) is 17.9 Å². The first kappa shape index (κ1) is 11.7. The van der Waals surface area contributed by atoms with E-state index >= 15 is 0 Å². The van der Waals surface area contributed by atoms with Crippen molar-refractivity contribution in [2.24, 2.45) is 5.73 Å². The van der Waals surface area contributed by atoms with Crippen molar-refractivity contribution < 1.29 is 9.47 Å². The second-order valence-corrected chi connectivity index (χ2v) is 4.12. The number of rotatable bonds is 6. The van der Waals surface area contributed by atoms with Gasteiger partial charge in [0.15, 0.2) is 0 Å². The van der Waals surface area contributed by atoms with Crippen LogP contribution in [-0.2, 0) is 9.47 Å². The largest absolute Gasteiger partial charge is 0.382 e. The van der Waals surface area contributed by atoms with Crippen molar-refractivity contribution in [2.45, 2.75) is 19.1 Å². The van der Waals surface area contributed by atoms with Gasteiger partial charge in [0, 0.05) is 18.5 Å². The van der Waals surface area contributed by atoms with Crippen molar-refractivity contribution in [3.05, 3.63) is 22.4 Å². The molecule has 3 nitrogen and oxygen atoms in total. The smallest absolute Gasteiger partial charge is 0.104 e. The zero-order valence-electron chi connectivity index (χ0n) is 8.60. The average Bonchev–Trinajstić information content (AvgIpc) is 2.67. The molecule has 2 unspecified atom stereocenters. The zero-order valence-corrected chi connectivity index (χ0v) is 9.42. The van der Waals surface area contributed by atoms with Gasteiger partial charge in [-0.3, -0.25) is 0 Å². The number of thiophene rings is 1. The lowest BCUT2D eigenvalue weighted by Crippen LogP contribution is -2.23. The third-order valence-corrected chi connectivity index (χ3v) is 2.84. The zero-order chi connectivity index (χ0) is 10.4. The number of methoxy groups -OCH3 is 1. The number of ether oxygens (including phenoxy) is 2. The molecule has 1 aromatic heterocycles. The molecule has 1 aromatic rings. The summed E-state index contributed by atoms with van der Waals surface area (Å²) >= 11 is 1.67. The van der Waals surface area contributed by atoms with E-state index in [4.69, 9.17) is 15.2 Å². The standard InChI is InChI=1S/C10H17NO2S/c1-8(7-12-2)13-9(6-11)10-4-3-5-14-10/h3-5,8-9H,6-7,11H2,1-2H3. The van der Waals surface area contributed by atoms with Gasteiger partial charge in [-0.05, 0) is 18.4 Å². The van der Waals surface area contributed by atoms with Crippen LogP contribution in [0.3, 0.4) is 0 Å². The van der Waals surface area contributed by atoms with E-state index in [1.54, 1.807) is 18.4 Å². The van der Waals surface area contributed by atoms with Gasteiger partial charge in [0.05, 0.1) is 12.7 Å². The molecule has 4 heteroatoms. The van der Waals surface area contributed by atoms with E-state index in [0.29, 0.717) is 13.2 Å². The molecule has 0 radical (unpaired) electrons. The second-order valence-electron chi connectivity index (χ2n) is 3.14. The molecule has 14 heavy (non-hydrogen) atoms. The minimum atomic E-state index is 0.000139. The summed E-state index contributed by atoms with van der Waals surface area (Å²) in [5.74, 6) is 0. The Morgan fingerprint density at radius 2 is 2.36 bits per heavy atom. The summed E-state index contributed by atoms with van der Waals surface area (Å²) in [6.45, 7) is 3.09. The number of hydrogen-bond donors (Lipinski definition) is 1. The lowest BCUT2D eigenvalue weighted by atomic mass is 10.3. The van der Waals surface area contributed by atoms with Gasteiger partial charge < -0.3 is 15.2 Å². The molecular weight excluding hydrogens is 198 g/mol. The highest BCUT2D eigenvalue weighted by molar-refractivity contribution is 7.10. The van der Waals surface area contributed by atoms with Crippen LogP contribution in [0.5, 0.6) is 0 Å². The highest BCUT2D eigenvalue weighted by atomic mass is 32.1. The van der Waals surface area contributed by atoms with Gasteiger partial charge in [0.25, 0.3) is 0 Å². The number of nitrogens with two attached hydrogens (primary N) is 1. The Kier molecular flexibility index (Phi) is 5.11. The van der Waals surface area contributed by atoms with Crippen LogP contribution in [0.2, 0.25) is 0 Å². The van der Waals surface area contributed by atoms with Crippen LogP contribution in [0.15, 0.2) is 17.5 Å². The number of hydrogen-bond acceptors (Lipinski definition) is 4. The van der Waals surface area contributed by atoms with E-state index in [9.17, 15) is 0 Å². The molecule has 0 aliphatic carbocycles. The van der Waals surface area contributed by atoms with E-state index < -0.39 is 0 Å². The predicted octanol–water partition coefficient (Wildman–Crippen LogP) is 1.80. The van der Waals surface area contributed by atoms with E-state index in [-0.39, 0.29) is 12.2 Å². The molecule has 0 saturated heterocycles. The van der Waals surface area contributed by atoms with Gasteiger partial charge in [-0.15, -0.1) is 11.3 Å². The molecule has 2 atom stereocenters. The molecule has 0 saturated carbocycles. The van der Waals surface area contributed by atoms with Gasteiger partial charge in [-0.25, -0.2) is 0 Å². The Morgan fingerprint density at radius 1 is 1.57 bits per heavy atom. The van der Waals surface area contributed by atoms with E-state index in [0.717, 1.165) is 0 Å². The van der Waals surface area contributed by atoms with Crippen LogP contribution in [-0.4, -0.2) is 26.4 Å². The summed E-state index contributed by atoms with van der Waals surface area (Å²) in [7, 11) is 1.67. The summed E-state index contributed by atoms with van der Waals surface area (Å²) in [5.41, 5.74) is 5.65. The van der Waals surface area contributed by atoms with Gasteiger partial charge in [-0.1, -0.05) is 6.07 Å². The van der Waals surface area contributed by atoms with Crippen molar-refractivity contribution in [3.8, 4) is 0 Å². The monoisotopic (exact) mass is 215 g/mol. The average molecular weight is 215 g/mol. The first-order valence-electron chi connectivity index (χ1n) is 4.65. The summed E-state index contributed by atoms with van der Waals surface area (Å²) < 4.78 is 10.7. The molecule has 0 spiro atoms. The molecule has 1 heterocycles. The molecule has 0 amide bonds. The SMILES string of the molecule is COCC(C)OC(CN)c1cccs1. The lowest BCUT2D eigenvalue weighted by molar-refractivity contribution is -0.0348. The molecule has 2 N–H and O–H groups in total. The highest BCUT2D eigenvalue weighted by Crippen LogP contribution is 2.22. The fourth-order valence-corrected chi connectivity index (χ4v) is 2.04. The van der Waals surface area contributed by atoms with Crippen LogP contribution in [0.4, 0.5) is 0 Å². The van der Waals surface area contributed by atoms with Crippen LogP contribution in [0.25, 0.3) is 0 Å². The molecule has 0 bridgehead atoms. The van der Waals surface area contributed by atoms with Gasteiger partial charge in [0.2, 0.25) is 0 Å². The maximum Gasteiger partial charge on any atom is 0.104 e. The summed E-state index contributed by atoms with van der Waals surface area (Å²) in [4.78, 5) is 1.18. The van der Waals surface area contributed by atoms with Crippen molar-refractivity contribution in [3.63, 3.8) is 0 Å². The van der Waals surface area contributed by atoms with Gasteiger partial charge in [0.1, 0.15) is 6.10 Å². The van der Waals surface area contributed by atoms with Crippen LogP contribution < -0.4 is 5.73 Å². The van der Waals surface area contributed by atoms with Gasteiger partial charge in [-0.2, -0.15) is 0 Å². The normalized spacial score (nSPS) is 15.4. The highest BCUT2D eigenvalue weighted by Gasteiger charge is 2.14. The predicted molar refractivity (Wildman–Crippen MR) is 58.5 cm³/mol. The minimum Gasteiger partial charge on any atom is -0.382 e. The Balaban J connectivity index is 2.47. The summed E-state index contributed by atoms with van der Waals surface area (Å²) in [6.07, 6.45) is 0.0794. The quantitative estimate of drug-likeness (QED) is 0.787. The van der Waals surface area contributed by atoms with Gasteiger partial charge >= 0.3 is 0 Å². The molecule has 0 aliphatic rings. The summed E-state index contributed by atoms with van der Waals surface area (Å²) in [6, 6.07) is 4.05. The third kappa shape index (κ3) is 3.38. The van der Waals surface area contributed by atoms with E-state index in [1.807, 2.05) is 24.4 Å². The molecule has 0 aromatic carbocycles. The van der Waals surface area contributed by atoms with Crippen LogP contribution in [0, 0.1) is 0 Å². The topological polar surface area (TPSA) is 44.5 Å². The van der Waals surface area contributed by atoms with E-state index in [2.05, 4.69) is 0 Å². The first-order valence-corrected chi connectivity index (χ1v) is 5.53. The lowest BCUT2D eigenvalue weighted by Gasteiger charge is -2.19. The Labute approximate surface area is 88.8 Å². The van der Waals surface area contributed by atoms with E-state index in [1.165, 1.54) is 4.88 Å². The maximum atomic E-state index is 5.74. The van der Waals surface area contributed by atoms with Crippen molar-refractivity contribution in [1.82, 2.24) is 0 Å². The Bertz CT molecular complexity index is 238. The minimum absolute atomic E-state index is 0.000139. The van der Waals surface area contributed by atoms with Crippen molar-refractivity contribution in [2.75, 3.05) is 20.3 Å². The Morgan fingerprint density at radius 3 is 2.86 bits per heavy atom. The second kappa shape index (κ2) is 6.14. The van der Waals surface area contributed by atoms with Crippen LogP contribution >= 0.6 is 11.3 Å². The fraction of sp³-hybridized carbons (Fsp3) is 0.600. The van der Waals surface area contributed by atoms with Crippen molar-refractivity contribution in [1.29, 1.82) is 0 Å². The molecule has 0 fully saturated rings. The first-order chi connectivity index (χ1) is 6.77. The fourth-order valence-electron chi connectivity index (χ4n) is 1.27. The third-order valence-electron chi connectivity index (χ3n) is 1.87. The molecule has 1 rings (SSSR count). The Hall–Kier alpha value is -0.420. The van der Waals surface area contributed by atoms with Crippen molar-refractivity contribution >= 4 is 11.3 Å².